The van der Waals surface area contributed by atoms with Crippen molar-refractivity contribution < 1.29 is 22.7 Å². The Morgan fingerprint density at radius 3 is 2.24 bits per heavy atom. The molecule has 0 aromatic heterocycles. The zero-order valence-corrected chi connectivity index (χ0v) is 20.0. The van der Waals surface area contributed by atoms with Gasteiger partial charge in [-0.1, -0.05) is 36.4 Å². The third-order valence-corrected chi connectivity index (χ3v) is 6.65. The molecule has 0 unspecified atom stereocenters. The fourth-order valence-corrected chi connectivity index (χ4v) is 4.67. The molecule has 0 saturated carbocycles. The maximum absolute atomic E-state index is 13.1. The van der Waals surface area contributed by atoms with Gasteiger partial charge in [0.15, 0.2) is 0 Å². The summed E-state index contributed by atoms with van der Waals surface area (Å²) < 4.78 is 33.7. The predicted molar refractivity (Wildman–Crippen MR) is 132 cm³/mol. The normalized spacial score (nSPS) is 11.0. The molecule has 0 saturated heterocycles. The minimum Gasteiger partial charge on any atom is -0.383 e. The van der Waals surface area contributed by atoms with Gasteiger partial charge >= 0.3 is 0 Å². The number of carbonyl (C=O) groups is 2. The summed E-state index contributed by atoms with van der Waals surface area (Å²) in [7, 11) is -2.40. The lowest BCUT2D eigenvalue weighted by atomic mass is 10.1. The van der Waals surface area contributed by atoms with Crippen molar-refractivity contribution >= 4 is 33.2 Å². The molecule has 0 fully saturated rings. The number of carbonyl (C=O) groups excluding carboxylic acids is 2. The SMILES string of the molecule is COCCNC(=O)c1ccccc1NC(=O)c1ccc(C)c(S(=O)(=O)Nc2ccccc2C)c1. The number of benzene rings is 3. The molecular weight excluding hydrogens is 454 g/mol. The Morgan fingerprint density at radius 2 is 1.53 bits per heavy atom. The lowest BCUT2D eigenvalue weighted by Crippen LogP contribution is -2.28. The molecule has 9 heteroatoms. The van der Waals surface area contributed by atoms with Crippen LogP contribution < -0.4 is 15.4 Å². The van der Waals surface area contributed by atoms with E-state index < -0.39 is 15.9 Å². The summed E-state index contributed by atoms with van der Waals surface area (Å²) in [4.78, 5) is 25.5. The molecule has 2 amide bonds. The smallest absolute Gasteiger partial charge is 0.262 e. The van der Waals surface area contributed by atoms with Crippen molar-refractivity contribution in [3.8, 4) is 0 Å². The lowest BCUT2D eigenvalue weighted by Gasteiger charge is -2.14. The minimum atomic E-state index is -3.94. The van der Waals surface area contributed by atoms with Crippen LogP contribution in [0.1, 0.15) is 31.8 Å². The third kappa shape index (κ3) is 6.00. The van der Waals surface area contributed by atoms with Crippen molar-refractivity contribution in [1.82, 2.24) is 5.32 Å². The second-order valence-corrected chi connectivity index (χ2v) is 9.30. The Labute approximate surface area is 199 Å². The molecule has 3 N–H and O–H groups in total. The van der Waals surface area contributed by atoms with Gasteiger partial charge in [-0.2, -0.15) is 0 Å². The van der Waals surface area contributed by atoms with Gasteiger partial charge < -0.3 is 15.4 Å². The van der Waals surface area contributed by atoms with E-state index in [-0.39, 0.29) is 21.9 Å². The zero-order chi connectivity index (χ0) is 24.7. The summed E-state index contributed by atoms with van der Waals surface area (Å²) in [6, 6.07) is 18.1. The number of rotatable bonds is 9. The van der Waals surface area contributed by atoms with Crippen LogP contribution in [0.5, 0.6) is 0 Å². The first-order valence-electron chi connectivity index (χ1n) is 10.6. The zero-order valence-electron chi connectivity index (χ0n) is 19.2. The molecule has 0 aliphatic rings. The van der Waals surface area contributed by atoms with Crippen molar-refractivity contribution in [3.05, 3.63) is 89.0 Å². The molecule has 0 radical (unpaired) electrons. The van der Waals surface area contributed by atoms with Gasteiger partial charge in [-0.05, 0) is 55.3 Å². The second kappa shape index (κ2) is 11.0. The van der Waals surface area contributed by atoms with Crippen LogP contribution in [0.3, 0.4) is 0 Å². The molecule has 3 aromatic rings. The molecule has 3 aromatic carbocycles. The molecule has 0 aliphatic heterocycles. The second-order valence-electron chi connectivity index (χ2n) is 7.65. The Morgan fingerprint density at radius 1 is 0.853 bits per heavy atom. The van der Waals surface area contributed by atoms with Gasteiger partial charge in [-0.25, -0.2) is 8.42 Å². The highest BCUT2D eigenvalue weighted by Crippen LogP contribution is 2.24. The molecule has 0 aliphatic carbocycles. The summed E-state index contributed by atoms with van der Waals surface area (Å²) in [5, 5.41) is 5.42. The number of aryl methyl sites for hydroxylation is 2. The predicted octanol–water partition coefficient (Wildman–Crippen LogP) is 3.73. The number of sulfonamides is 1. The van der Waals surface area contributed by atoms with E-state index in [4.69, 9.17) is 4.74 Å². The largest absolute Gasteiger partial charge is 0.383 e. The van der Waals surface area contributed by atoms with Crippen LogP contribution >= 0.6 is 0 Å². The maximum atomic E-state index is 13.1. The first-order chi connectivity index (χ1) is 16.2. The molecule has 8 nitrogen and oxygen atoms in total. The van der Waals surface area contributed by atoms with Crippen LogP contribution in [-0.4, -0.2) is 40.5 Å². The van der Waals surface area contributed by atoms with Crippen molar-refractivity contribution in [3.63, 3.8) is 0 Å². The third-order valence-electron chi connectivity index (χ3n) is 5.14. The Balaban J connectivity index is 1.85. The average molecular weight is 482 g/mol. The molecule has 0 atom stereocenters. The van der Waals surface area contributed by atoms with Crippen LogP contribution in [0.15, 0.2) is 71.6 Å². The van der Waals surface area contributed by atoms with Gasteiger partial charge in [-0.3, -0.25) is 14.3 Å². The fourth-order valence-electron chi connectivity index (χ4n) is 3.26. The first-order valence-corrected chi connectivity index (χ1v) is 12.1. The summed E-state index contributed by atoms with van der Waals surface area (Å²) in [5.41, 5.74) is 2.47. The van der Waals surface area contributed by atoms with Crippen LogP contribution in [0.2, 0.25) is 0 Å². The van der Waals surface area contributed by atoms with Gasteiger partial charge in [0.1, 0.15) is 0 Å². The quantitative estimate of drug-likeness (QED) is 0.403. The van der Waals surface area contributed by atoms with E-state index in [2.05, 4.69) is 15.4 Å². The summed E-state index contributed by atoms with van der Waals surface area (Å²) >= 11 is 0. The van der Waals surface area contributed by atoms with E-state index in [1.807, 2.05) is 6.07 Å². The number of anilines is 2. The molecule has 0 heterocycles. The summed E-state index contributed by atoms with van der Waals surface area (Å²) in [6.45, 7) is 4.15. The van der Waals surface area contributed by atoms with E-state index in [0.717, 1.165) is 5.56 Å². The molecule has 178 valence electrons. The van der Waals surface area contributed by atoms with Crippen molar-refractivity contribution in [2.75, 3.05) is 30.3 Å². The van der Waals surface area contributed by atoms with Gasteiger partial charge in [0.05, 0.1) is 28.4 Å². The van der Waals surface area contributed by atoms with Gasteiger partial charge in [0, 0.05) is 19.2 Å². The Kier molecular flexibility index (Phi) is 8.04. The number of ether oxygens (including phenoxy) is 1. The highest BCUT2D eigenvalue weighted by Gasteiger charge is 2.21. The van der Waals surface area contributed by atoms with Crippen LogP contribution in [-0.2, 0) is 14.8 Å². The number of para-hydroxylation sites is 2. The highest BCUT2D eigenvalue weighted by molar-refractivity contribution is 7.92. The monoisotopic (exact) mass is 481 g/mol. The average Bonchev–Trinajstić information content (AvgIpc) is 2.81. The Bertz CT molecular complexity index is 1310. The number of hydrogen-bond donors (Lipinski definition) is 3. The molecule has 0 spiro atoms. The topological polar surface area (TPSA) is 114 Å². The van der Waals surface area contributed by atoms with Crippen molar-refractivity contribution in [1.29, 1.82) is 0 Å². The van der Waals surface area contributed by atoms with Gasteiger partial charge in [0.25, 0.3) is 21.8 Å². The molecule has 0 bridgehead atoms. The number of amides is 2. The van der Waals surface area contributed by atoms with Gasteiger partial charge in [0.2, 0.25) is 0 Å². The van der Waals surface area contributed by atoms with Crippen LogP contribution in [0, 0.1) is 13.8 Å². The van der Waals surface area contributed by atoms with E-state index in [9.17, 15) is 18.0 Å². The first kappa shape index (κ1) is 24.9. The standard InChI is InChI=1S/C25H27N3O5S/c1-17-8-4-6-10-21(17)28-34(31,32)23-16-19(13-12-18(23)2)24(29)27-22-11-7-5-9-20(22)25(30)26-14-15-33-3/h4-13,16,28H,14-15H2,1-3H3,(H,26,30)(H,27,29). The van der Waals surface area contributed by atoms with Crippen molar-refractivity contribution in [2.24, 2.45) is 0 Å². The summed E-state index contributed by atoms with van der Waals surface area (Å²) in [5.74, 6) is -0.896. The maximum Gasteiger partial charge on any atom is 0.262 e. The minimum absolute atomic E-state index is 0.00556. The summed E-state index contributed by atoms with van der Waals surface area (Å²) in [6.07, 6.45) is 0. The number of hydrogen-bond acceptors (Lipinski definition) is 5. The fraction of sp³-hybridized carbons (Fsp3) is 0.200. The molecule has 34 heavy (non-hydrogen) atoms. The van der Waals surface area contributed by atoms with E-state index >= 15 is 0 Å². The molecule has 3 rings (SSSR count). The number of methoxy groups -OCH3 is 1. The van der Waals surface area contributed by atoms with E-state index in [0.29, 0.717) is 30.1 Å². The van der Waals surface area contributed by atoms with E-state index in [1.54, 1.807) is 68.4 Å². The van der Waals surface area contributed by atoms with Gasteiger partial charge in [-0.15, -0.1) is 0 Å². The lowest BCUT2D eigenvalue weighted by molar-refractivity contribution is 0.0938. The molecular formula is C25H27N3O5S. The van der Waals surface area contributed by atoms with Crippen molar-refractivity contribution in [2.45, 2.75) is 18.7 Å². The van der Waals surface area contributed by atoms with E-state index in [1.165, 1.54) is 13.2 Å². The Hall–Kier alpha value is -3.69. The highest BCUT2D eigenvalue weighted by atomic mass is 32.2. The number of nitrogens with one attached hydrogen (secondary N) is 3. The van der Waals surface area contributed by atoms with Crippen LogP contribution in [0.4, 0.5) is 11.4 Å². The van der Waals surface area contributed by atoms with Crippen LogP contribution in [0.25, 0.3) is 0 Å².